The number of nitrogens with one attached hydrogen (secondary N) is 2. The Balaban J connectivity index is 1.71. The summed E-state index contributed by atoms with van der Waals surface area (Å²) in [5.74, 6) is -1.17. The number of benzene rings is 2. The molecule has 1 aliphatic heterocycles. The number of amides is 1. The summed E-state index contributed by atoms with van der Waals surface area (Å²) in [5, 5.41) is 16.0. The average molecular weight is 422 g/mol. The Labute approximate surface area is 173 Å². The van der Waals surface area contributed by atoms with Crippen molar-refractivity contribution in [3.05, 3.63) is 63.1 Å². The molecule has 6 nitrogen and oxygen atoms in total. The lowest BCUT2D eigenvalue weighted by Crippen LogP contribution is -2.41. The SMILES string of the molecule is NCc1ccc(CCC(=O)NC2CC(C(=O)O)Nc3cc(Cl)cc(Cl)c32)cc1. The Bertz CT molecular complexity index is 887. The van der Waals surface area contributed by atoms with E-state index in [9.17, 15) is 14.7 Å². The van der Waals surface area contributed by atoms with Gasteiger partial charge in [-0.1, -0.05) is 47.5 Å². The van der Waals surface area contributed by atoms with Crippen molar-refractivity contribution in [1.82, 2.24) is 5.32 Å². The molecule has 0 radical (unpaired) electrons. The number of carbonyl (C=O) groups excluding carboxylic acids is 1. The third-order valence-electron chi connectivity index (χ3n) is 4.78. The summed E-state index contributed by atoms with van der Waals surface area (Å²) in [7, 11) is 0. The van der Waals surface area contributed by atoms with Gasteiger partial charge in [0.25, 0.3) is 0 Å². The molecule has 5 N–H and O–H groups in total. The first-order valence-corrected chi connectivity index (χ1v) is 9.68. The van der Waals surface area contributed by atoms with E-state index in [4.69, 9.17) is 28.9 Å². The average Bonchev–Trinajstić information content (AvgIpc) is 2.65. The van der Waals surface area contributed by atoms with E-state index in [1.165, 1.54) is 0 Å². The summed E-state index contributed by atoms with van der Waals surface area (Å²) in [6.45, 7) is 0.478. The zero-order valence-electron chi connectivity index (χ0n) is 15.0. The van der Waals surface area contributed by atoms with Crippen molar-refractivity contribution < 1.29 is 14.7 Å². The molecule has 28 heavy (non-hydrogen) atoms. The summed E-state index contributed by atoms with van der Waals surface area (Å²) in [5.41, 5.74) is 8.84. The van der Waals surface area contributed by atoms with Crippen molar-refractivity contribution in [1.29, 1.82) is 0 Å². The third kappa shape index (κ3) is 4.76. The molecule has 8 heteroatoms. The maximum Gasteiger partial charge on any atom is 0.326 e. The van der Waals surface area contributed by atoms with E-state index in [1.807, 2.05) is 24.3 Å². The van der Waals surface area contributed by atoms with Crippen LogP contribution < -0.4 is 16.4 Å². The minimum Gasteiger partial charge on any atom is -0.480 e. The molecule has 0 fully saturated rings. The van der Waals surface area contributed by atoms with Gasteiger partial charge < -0.3 is 21.5 Å². The van der Waals surface area contributed by atoms with Gasteiger partial charge in [-0.2, -0.15) is 0 Å². The summed E-state index contributed by atoms with van der Waals surface area (Å²) >= 11 is 12.4. The van der Waals surface area contributed by atoms with Crippen molar-refractivity contribution in [2.45, 2.75) is 37.9 Å². The highest BCUT2D eigenvalue weighted by molar-refractivity contribution is 6.35. The molecule has 2 aromatic rings. The van der Waals surface area contributed by atoms with Crippen LogP contribution in [0, 0.1) is 0 Å². The zero-order chi connectivity index (χ0) is 20.3. The molecule has 0 saturated carbocycles. The number of halogens is 2. The number of aryl methyl sites for hydroxylation is 1. The van der Waals surface area contributed by atoms with Crippen LogP contribution in [-0.4, -0.2) is 23.0 Å². The van der Waals surface area contributed by atoms with Crippen LogP contribution in [0.25, 0.3) is 0 Å². The Kier molecular flexibility index (Phi) is 6.44. The number of hydrogen-bond acceptors (Lipinski definition) is 4. The molecule has 2 aromatic carbocycles. The van der Waals surface area contributed by atoms with Gasteiger partial charge in [-0.3, -0.25) is 4.79 Å². The second kappa shape index (κ2) is 8.82. The van der Waals surface area contributed by atoms with E-state index in [-0.39, 0.29) is 18.7 Å². The smallest absolute Gasteiger partial charge is 0.326 e. The van der Waals surface area contributed by atoms with Crippen LogP contribution >= 0.6 is 23.2 Å². The minimum atomic E-state index is -0.999. The first-order chi connectivity index (χ1) is 13.4. The Hall–Kier alpha value is -2.28. The molecule has 148 valence electrons. The summed E-state index contributed by atoms with van der Waals surface area (Å²) in [4.78, 5) is 24.0. The fourth-order valence-electron chi connectivity index (χ4n) is 3.32. The van der Waals surface area contributed by atoms with Crippen LogP contribution in [0.3, 0.4) is 0 Å². The van der Waals surface area contributed by atoms with E-state index in [0.29, 0.717) is 34.3 Å². The van der Waals surface area contributed by atoms with Gasteiger partial charge in [-0.15, -0.1) is 0 Å². The Morgan fingerprint density at radius 1 is 1.18 bits per heavy atom. The van der Waals surface area contributed by atoms with Crippen LogP contribution in [0.15, 0.2) is 36.4 Å². The normalized spacial score (nSPS) is 18.1. The van der Waals surface area contributed by atoms with Crippen LogP contribution in [0.5, 0.6) is 0 Å². The van der Waals surface area contributed by atoms with Crippen molar-refractivity contribution in [2.24, 2.45) is 5.73 Å². The van der Waals surface area contributed by atoms with E-state index in [2.05, 4.69) is 10.6 Å². The number of fused-ring (bicyclic) bond motifs is 1. The molecule has 2 atom stereocenters. The molecule has 3 rings (SSSR count). The highest BCUT2D eigenvalue weighted by atomic mass is 35.5. The molecule has 0 aliphatic carbocycles. The van der Waals surface area contributed by atoms with Crippen LogP contribution in [0.2, 0.25) is 10.0 Å². The molecule has 0 bridgehead atoms. The van der Waals surface area contributed by atoms with Gasteiger partial charge in [-0.05, 0) is 29.7 Å². The van der Waals surface area contributed by atoms with Gasteiger partial charge in [0, 0.05) is 40.7 Å². The minimum absolute atomic E-state index is 0.170. The maximum absolute atomic E-state index is 12.5. The van der Waals surface area contributed by atoms with E-state index in [1.54, 1.807) is 12.1 Å². The molecule has 1 heterocycles. The number of anilines is 1. The number of aliphatic carboxylic acids is 1. The number of hydrogen-bond donors (Lipinski definition) is 4. The molecular weight excluding hydrogens is 401 g/mol. The molecule has 2 unspecified atom stereocenters. The van der Waals surface area contributed by atoms with Gasteiger partial charge in [0.15, 0.2) is 0 Å². The number of carboxylic acid groups (broad SMARTS) is 1. The molecule has 0 spiro atoms. The Morgan fingerprint density at radius 3 is 2.50 bits per heavy atom. The predicted octanol–water partition coefficient (Wildman–Crippen LogP) is 3.51. The number of carboxylic acids is 1. The topological polar surface area (TPSA) is 104 Å². The van der Waals surface area contributed by atoms with Crippen molar-refractivity contribution in [3.63, 3.8) is 0 Å². The van der Waals surface area contributed by atoms with Crippen molar-refractivity contribution in [2.75, 3.05) is 5.32 Å². The first kappa shape index (κ1) is 20.5. The van der Waals surface area contributed by atoms with Gasteiger partial charge in [-0.25, -0.2) is 4.79 Å². The highest BCUT2D eigenvalue weighted by Crippen LogP contribution is 2.39. The zero-order valence-corrected chi connectivity index (χ0v) is 16.6. The van der Waals surface area contributed by atoms with Crippen molar-refractivity contribution in [3.8, 4) is 0 Å². The second-order valence-electron chi connectivity index (χ2n) is 6.76. The van der Waals surface area contributed by atoms with E-state index < -0.39 is 18.1 Å². The lowest BCUT2D eigenvalue weighted by Gasteiger charge is -2.32. The lowest BCUT2D eigenvalue weighted by atomic mass is 9.92. The highest BCUT2D eigenvalue weighted by Gasteiger charge is 2.33. The maximum atomic E-state index is 12.5. The monoisotopic (exact) mass is 421 g/mol. The number of nitrogens with two attached hydrogens (primary N) is 1. The van der Waals surface area contributed by atoms with Crippen LogP contribution in [0.1, 0.15) is 35.6 Å². The van der Waals surface area contributed by atoms with Gasteiger partial charge in [0.1, 0.15) is 6.04 Å². The molecule has 1 amide bonds. The first-order valence-electron chi connectivity index (χ1n) is 8.93. The summed E-state index contributed by atoms with van der Waals surface area (Å²) < 4.78 is 0. The van der Waals surface area contributed by atoms with Crippen LogP contribution in [-0.2, 0) is 22.6 Å². The van der Waals surface area contributed by atoms with Gasteiger partial charge in [0.05, 0.1) is 6.04 Å². The summed E-state index contributed by atoms with van der Waals surface area (Å²) in [6, 6.07) is 9.65. The van der Waals surface area contributed by atoms with Gasteiger partial charge in [0.2, 0.25) is 5.91 Å². The molecule has 0 aromatic heterocycles. The van der Waals surface area contributed by atoms with E-state index in [0.717, 1.165) is 11.1 Å². The number of carbonyl (C=O) groups is 2. The largest absolute Gasteiger partial charge is 0.480 e. The standard InChI is InChI=1S/C20H21Cl2N3O3/c21-13-7-14(22)19-15(8-13)24-17(20(27)28)9-16(19)25-18(26)6-5-11-1-3-12(10-23)4-2-11/h1-4,7-8,16-17,24H,5-6,9-10,23H2,(H,25,26)(H,27,28). The second-order valence-corrected chi connectivity index (χ2v) is 7.60. The molecular formula is C20H21Cl2N3O3. The third-order valence-corrected chi connectivity index (χ3v) is 5.31. The Morgan fingerprint density at radius 2 is 1.86 bits per heavy atom. The molecule has 0 saturated heterocycles. The quantitative estimate of drug-likeness (QED) is 0.571. The van der Waals surface area contributed by atoms with Crippen molar-refractivity contribution >= 4 is 40.8 Å². The molecule has 1 aliphatic rings. The van der Waals surface area contributed by atoms with Gasteiger partial charge >= 0.3 is 5.97 Å². The van der Waals surface area contributed by atoms with E-state index >= 15 is 0 Å². The lowest BCUT2D eigenvalue weighted by molar-refractivity contribution is -0.138. The fraction of sp³-hybridized carbons (Fsp3) is 0.300. The fourth-order valence-corrected chi connectivity index (χ4v) is 3.94. The van der Waals surface area contributed by atoms with Crippen LogP contribution in [0.4, 0.5) is 5.69 Å². The number of rotatable bonds is 6. The predicted molar refractivity (Wildman–Crippen MR) is 110 cm³/mol. The summed E-state index contributed by atoms with van der Waals surface area (Å²) in [6.07, 6.45) is 1.05.